The molecular formula is C35H39NO. The number of hydrogen-bond acceptors (Lipinski definition) is 2. The van der Waals surface area contributed by atoms with Gasteiger partial charge in [0.1, 0.15) is 11.2 Å². The van der Waals surface area contributed by atoms with Crippen LogP contribution in [-0.2, 0) is 0 Å². The smallest absolute Gasteiger partial charge is 0.144 e. The van der Waals surface area contributed by atoms with Gasteiger partial charge in [-0.15, -0.1) is 0 Å². The monoisotopic (exact) mass is 496 g/mol. The van der Waals surface area contributed by atoms with Gasteiger partial charge in [-0.05, 0) is 95.0 Å². The zero-order valence-corrected chi connectivity index (χ0v) is 22.5. The SMILES string of the molecule is [2H]C([2H])([2H])c1cnc(-c2cccc3c2oc2c4cc(C5([2H])C(C)(C)CC(C)(C)CC5(C)C)ccc4ccc32)cc1C([2H])([2H])[2H]. The Balaban J connectivity index is 1.58. The molecule has 190 valence electrons. The second kappa shape index (κ2) is 7.93. The average Bonchev–Trinajstić information content (AvgIpc) is 3.28. The zero-order chi connectivity index (χ0) is 32.3. The normalized spacial score (nSPS) is 23.5. The van der Waals surface area contributed by atoms with Crippen LogP contribution in [0.4, 0.5) is 0 Å². The third kappa shape index (κ3) is 3.88. The molecule has 0 radical (unpaired) electrons. The maximum atomic E-state index is 10.1. The van der Waals surface area contributed by atoms with E-state index in [-0.39, 0.29) is 27.4 Å². The van der Waals surface area contributed by atoms with E-state index in [2.05, 4.69) is 70.8 Å². The van der Waals surface area contributed by atoms with E-state index in [0.717, 1.165) is 46.1 Å². The van der Waals surface area contributed by atoms with E-state index in [1.807, 2.05) is 24.3 Å². The Hall–Kier alpha value is -3.13. The molecule has 2 heteroatoms. The van der Waals surface area contributed by atoms with Crippen molar-refractivity contribution in [3.05, 3.63) is 77.5 Å². The Morgan fingerprint density at radius 2 is 1.51 bits per heavy atom. The van der Waals surface area contributed by atoms with Gasteiger partial charge in [-0.1, -0.05) is 71.9 Å². The van der Waals surface area contributed by atoms with Crippen molar-refractivity contribution < 1.29 is 14.0 Å². The predicted octanol–water partition coefficient (Wildman–Crippen LogP) is 10.4. The topological polar surface area (TPSA) is 26.0 Å². The average molecular weight is 497 g/mol. The molecule has 3 aromatic carbocycles. The Bertz CT molecular complexity index is 1920. The lowest BCUT2D eigenvalue weighted by Crippen LogP contribution is -2.45. The molecule has 0 atom stereocenters. The molecule has 0 N–H and O–H groups in total. The Kier molecular flexibility index (Phi) is 3.73. The highest BCUT2D eigenvalue weighted by atomic mass is 16.3. The second-order valence-corrected chi connectivity index (χ2v) is 12.9. The fourth-order valence-electron chi connectivity index (χ4n) is 7.86. The molecule has 0 saturated heterocycles. The van der Waals surface area contributed by atoms with Gasteiger partial charge in [-0.3, -0.25) is 4.98 Å². The summed E-state index contributed by atoms with van der Waals surface area (Å²) in [5, 5.41) is 3.67. The van der Waals surface area contributed by atoms with Crippen molar-refractivity contribution in [3.8, 4) is 11.3 Å². The van der Waals surface area contributed by atoms with Gasteiger partial charge in [0.15, 0.2) is 0 Å². The Labute approximate surface area is 230 Å². The first-order valence-electron chi connectivity index (χ1n) is 16.6. The van der Waals surface area contributed by atoms with Gasteiger partial charge in [0.2, 0.25) is 0 Å². The molecule has 37 heavy (non-hydrogen) atoms. The van der Waals surface area contributed by atoms with E-state index in [1.165, 1.54) is 6.07 Å². The second-order valence-electron chi connectivity index (χ2n) is 12.9. The third-order valence-corrected chi connectivity index (χ3v) is 8.14. The lowest BCUT2D eigenvalue weighted by Gasteiger charge is -2.55. The zero-order valence-electron chi connectivity index (χ0n) is 29.5. The van der Waals surface area contributed by atoms with Crippen LogP contribution in [-0.4, -0.2) is 4.98 Å². The summed E-state index contributed by atoms with van der Waals surface area (Å²) in [6.45, 7) is 8.26. The van der Waals surface area contributed by atoms with Gasteiger partial charge >= 0.3 is 0 Å². The molecule has 6 rings (SSSR count). The summed E-state index contributed by atoms with van der Waals surface area (Å²) in [4.78, 5) is 4.41. The molecule has 0 aliphatic heterocycles. The molecule has 2 aromatic heterocycles. The number of fused-ring (bicyclic) bond motifs is 5. The van der Waals surface area contributed by atoms with Crippen molar-refractivity contribution in [1.29, 1.82) is 0 Å². The highest BCUT2D eigenvalue weighted by molar-refractivity contribution is 6.17. The van der Waals surface area contributed by atoms with Crippen LogP contribution in [0.25, 0.3) is 44.0 Å². The number of furan rings is 1. The largest absolute Gasteiger partial charge is 0.455 e. The van der Waals surface area contributed by atoms with Crippen molar-refractivity contribution in [3.63, 3.8) is 0 Å². The number of aryl methyl sites for hydroxylation is 2. The van der Waals surface area contributed by atoms with Crippen molar-refractivity contribution in [2.75, 3.05) is 0 Å². The number of para-hydroxylation sites is 1. The number of rotatable bonds is 2. The summed E-state index contributed by atoms with van der Waals surface area (Å²) in [6.07, 6.45) is 3.03. The van der Waals surface area contributed by atoms with Crippen LogP contribution in [0, 0.1) is 29.9 Å². The van der Waals surface area contributed by atoms with E-state index in [9.17, 15) is 1.37 Å². The molecule has 1 aliphatic carbocycles. The predicted molar refractivity (Wildman–Crippen MR) is 157 cm³/mol. The van der Waals surface area contributed by atoms with E-state index in [0.29, 0.717) is 22.4 Å². The van der Waals surface area contributed by atoms with E-state index < -0.39 is 19.6 Å². The molecule has 0 unspecified atom stereocenters. The minimum atomic E-state index is -2.63. The Morgan fingerprint density at radius 1 is 0.811 bits per heavy atom. The fourth-order valence-corrected chi connectivity index (χ4v) is 7.86. The first-order chi connectivity index (χ1) is 20.2. The van der Waals surface area contributed by atoms with Crippen LogP contribution in [0.5, 0.6) is 0 Å². The summed E-state index contributed by atoms with van der Waals surface area (Å²) in [6, 6.07) is 17.4. The van der Waals surface area contributed by atoms with Crippen LogP contribution in [0.3, 0.4) is 0 Å². The molecule has 1 fully saturated rings. The van der Waals surface area contributed by atoms with Crippen molar-refractivity contribution in [1.82, 2.24) is 4.98 Å². The molecule has 2 heterocycles. The summed E-state index contributed by atoms with van der Waals surface area (Å²) in [5.74, 6) is -0.844. The van der Waals surface area contributed by atoms with Crippen LogP contribution < -0.4 is 0 Å². The highest BCUT2D eigenvalue weighted by Crippen LogP contribution is 2.61. The van der Waals surface area contributed by atoms with E-state index >= 15 is 0 Å². The first kappa shape index (κ1) is 17.4. The minimum absolute atomic E-state index is 0.131. The molecule has 0 amide bonds. The van der Waals surface area contributed by atoms with Crippen molar-refractivity contribution in [2.24, 2.45) is 16.2 Å². The van der Waals surface area contributed by atoms with Crippen LogP contribution in [0.2, 0.25) is 0 Å². The summed E-state index contributed by atoms with van der Waals surface area (Å²) < 4.78 is 64.3. The van der Waals surface area contributed by atoms with Crippen LogP contribution >= 0.6 is 0 Å². The molecule has 0 spiro atoms. The van der Waals surface area contributed by atoms with Gasteiger partial charge in [0.05, 0.1) is 5.69 Å². The van der Waals surface area contributed by atoms with Gasteiger partial charge in [-0.25, -0.2) is 0 Å². The maximum Gasteiger partial charge on any atom is 0.144 e. The van der Waals surface area contributed by atoms with Crippen molar-refractivity contribution >= 4 is 32.7 Å². The highest BCUT2D eigenvalue weighted by Gasteiger charge is 2.50. The summed E-state index contributed by atoms with van der Waals surface area (Å²) in [5.41, 5.74) is 2.16. The van der Waals surface area contributed by atoms with Crippen molar-refractivity contribution in [2.45, 2.75) is 74.0 Å². The first-order valence-corrected chi connectivity index (χ1v) is 13.1. The number of benzene rings is 3. The van der Waals surface area contributed by atoms with E-state index in [4.69, 9.17) is 12.6 Å². The Morgan fingerprint density at radius 3 is 2.24 bits per heavy atom. The standard InChI is InChI=1S/C35H39NO/c1-21-16-29(36-18-22(21)2)27-11-9-10-25-26-15-14-23-12-13-24(17-28(23)31(26)37-30(25)27)32-34(5,6)19-33(3,4)20-35(32,7)8/h9-18,32H,19-20H2,1-8H3/i1D3,2D3,32D. The molecule has 2 nitrogen and oxygen atoms in total. The maximum absolute atomic E-state index is 10.1. The number of aromatic nitrogens is 1. The van der Waals surface area contributed by atoms with Gasteiger partial charge in [-0.2, -0.15) is 0 Å². The number of nitrogens with zero attached hydrogens (tertiary/aromatic N) is 1. The van der Waals surface area contributed by atoms with Gasteiger partial charge in [0, 0.05) is 37.5 Å². The quantitative estimate of drug-likeness (QED) is 0.243. The van der Waals surface area contributed by atoms with Gasteiger partial charge < -0.3 is 4.42 Å². The molecule has 1 saturated carbocycles. The van der Waals surface area contributed by atoms with E-state index in [1.54, 1.807) is 0 Å². The summed E-state index contributed by atoms with van der Waals surface area (Å²) in [7, 11) is 0. The summed E-state index contributed by atoms with van der Waals surface area (Å²) >= 11 is 0. The lowest BCUT2D eigenvalue weighted by atomic mass is 9.49. The minimum Gasteiger partial charge on any atom is -0.455 e. The molecule has 5 aromatic rings. The van der Waals surface area contributed by atoms with Crippen LogP contribution in [0.1, 0.15) is 86.6 Å². The van der Waals surface area contributed by atoms with Gasteiger partial charge in [0.25, 0.3) is 0 Å². The molecule has 0 bridgehead atoms. The molecular weight excluding hydrogens is 450 g/mol. The molecule has 1 aliphatic rings. The number of pyridine rings is 1. The van der Waals surface area contributed by atoms with Crippen LogP contribution in [0.15, 0.2) is 65.2 Å². The fraction of sp³-hybridized carbons (Fsp3) is 0.400. The lowest BCUT2D eigenvalue weighted by molar-refractivity contribution is -0.00947. The third-order valence-electron chi connectivity index (χ3n) is 8.14. The number of hydrogen-bond donors (Lipinski definition) is 0.